The molecule has 0 saturated heterocycles. The van der Waals surface area contributed by atoms with Crippen molar-refractivity contribution >= 4 is 30.8 Å². The molecule has 24 heavy (non-hydrogen) atoms. The molecule has 15 nitrogen and oxygen atoms in total. The molecule has 0 spiro atoms. The SMILES string of the molecule is O=C(O)O.O=C(O)O.O=C(O)O.O=C(O)O.O=C(O)O.[H-].[H-].[H-].[H-].[Na+].[Na+].[Na+].[Na+]. The second-order valence-electron chi connectivity index (χ2n) is 1.41. The predicted molar refractivity (Wildman–Crippen MR) is 57.7 cm³/mol. The number of carbonyl (C=O) groups is 5. The summed E-state index contributed by atoms with van der Waals surface area (Å²) in [6, 6.07) is 0. The van der Waals surface area contributed by atoms with Gasteiger partial charge in [-0.15, -0.1) is 0 Å². The Morgan fingerprint density at radius 2 is 0.333 bits per heavy atom. The van der Waals surface area contributed by atoms with Crippen LogP contribution in [-0.2, 0) is 0 Å². The Bertz CT molecular complexity index is 233. The summed E-state index contributed by atoms with van der Waals surface area (Å²) in [6.45, 7) is 0. The fourth-order valence-electron chi connectivity index (χ4n) is 0. The normalized spacial score (nSPS) is 5.00. The maximum Gasteiger partial charge on any atom is 1.00 e. The molecule has 10 N–H and O–H groups in total. The molecule has 19 heteroatoms. The first-order valence-corrected chi connectivity index (χ1v) is 3.26. The van der Waals surface area contributed by atoms with E-state index in [9.17, 15) is 0 Å². The van der Waals surface area contributed by atoms with Crippen molar-refractivity contribution in [3.05, 3.63) is 0 Å². The zero-order valence-electron chi connectivity index (χ0n) is 17.0. The first-order valence-electron chi connectivity index (χ1n) is 3.26. The maximum atomic E-state index is 8.56. The molecule has 0 saturated carbocycles. The van der Waals surface area contributed by atoms with Crippen LogP contribution in [0, 0.1) is 0 Å². The fourth-order valence-corrected chi connectivity index (χ4v) is 0. The van der Waals surface area contributed by atoms with Gasteiger partial charge in [-0.2, -0.15) is 0 Å². The Labute approximate surface area is 227 Å². The van der Waals surface area contributed by atoms with Crippen LogP contribution in [0.2, 0.25) is 0 Å². The number of rotatable bonds is 0. The molecular weight excluding hydrogens is 392 g/mol. The summed E-state index contributed by atoms with van der Waals surface area (Å²) in [5, 5.41) is 69.7. The van der Waals surface area contributed by atoms with Crippen molar-refractivity contribution in [2.24, 2.45) is 0 Å². The number of hydrogen-bond donors (Lipinski definition) is 10. The average molecular weight is 406 g/mol. The van der Waals surface area contributed by atoms with Crippen molar-refractivity contribution in [1.29, 1.82) is 0 Å². The predicted octanol–water partition coefficient (Wildman–Crippen LogP) is -10.4. The quantitative estimate of drug-likeness (QED) is 0.167. The van der Waals surface area contributed by atoms with Gasteiger partial charge in [0.1, 0.15) is 0 Å². The van der Waals surface area contributed by atoms with Gasteiger partial charge in [-0.3, -0.25) is 0 Å². The first-order chi connectivity index (χ1) is 8.66. The standard InChI is InChI=1S/5CH2O3.4Na.4H/c5*2-1(3)4;;;;;;;;/h5*(H2,2,3,4);;;;;;;;/q;;;;;4*+1;4*-1. The van der Waals surface area contributed by atoms with E-state index in [2.05, 4.69) is 0 Å². The van der Waals surface area contributed by atoms with Gasteiger partial charge in [-0.1, -0.05) is 0 Å². The maximum absolute atomic E-state index is 8.56. The van der Waals surface area contributed by atoms with E-state index in [4.69, 9.17) is 75.0 Å². The van der Waals surface area contributed by atoms with Gasteiger partial charge in [0.05, 0.1) is 0 Å². The van der Waals surface area contributed by atoms with Crippen LogP contribution in [-0.4, -0.2) is 81.8 Å². The summed E-state index contributed by atoms with van der Waals surface area (Å²) < 4.78 is 0. The van der Waals surface area contributed by atoms with Crippen molar-refractivity contribution in [3.8, 4) is 0 Å². The summed E-state index contributed by atoms with van der Waals surface area (Å²) in [5.74, 6) is 0. The second-order valence-corrected chi connectivity index (χ2v) is 1.41. The van der Waals surface area contributed by atoms with E-state index in [1.165, 1.54) is 0 Å². The van der Waals surface area contributed by atoms with E-state index in [1.807, 2.05) is 0 Å². The van der Waals surface area contributed by atoms with Crippen LogP contribution < -0.4 is 118 Å². The molecule has 0 amide bonds. The summed E-state index contributed by atoms with van der Waals surface area (Å²) in [7, 11) is 0. The van der Waals surface area contributed by atoms with E-state index in [1.54, 1.807) is 0 Å². The first kappa shape index (κ1) is 56.3. The molecule has 0 unspecified atom stereocenters. The van der Waals surface area contributed by atoms with E-state index in [-0.39, 0.29) is 124 Å². The van der Waals surface area contributed by atoms with E-state index in [0.29, 0.717) is 0 Å². The van der Waals surface area contributed by atoms with Gasteiger partial charge in [0.2, 0.25) is 0 Å². The molecule has 0 aromatic carbocycles. The van der Waals surface area contributed by atoms with Crippen molar-refractivity contribution in [2.45, 2.75) is 0 Å². The molecular formula is C5H14Na4O15. The molecule has 0 aromatic heterocycles. The number of carboxylic acid groups (broad SMARTS) is 10. The summed E-state index contributed by atoms with van der Waals surface area (Å²) >= 11 is 0. The minimum Gasteiger partial charge on any atom is -1.00 e. The molecule has 0 aliphatic rings. The molecule has 0 atom stereocenters. The third-order valence-corrected chi connectivity index (χ3v) is 0. The monoisotopic (exact) mass is 406 g/mol. The van der Waals surface area contributed by atoms with Gasteiger partial charge in [-0.05, 0) is 0 Å². The van der Waals surface area contributed by atoms with Gasteiger partial charge in [0, 0.05) is 0 Å². The van der Waals surface area contributed by atoms with Crippen molar-refractivity contribution in [1.82, 2.24) is 0 Å². The van der Waals surface area contributed by atoms with Gasteiger partial charge in [0.25, 0.3) is 0 Å². The van der Waals surface area contributed by atoms with E-state index in [0.717, 1.165) is 0 Å². The Kier molecular flexibility index (Phi) is 116. The van der Waals surface area contributed by atoms with Gasteiger partial charge in [-0.25, -0.2) is 24.0 Å². The smallest absolute Gasteiger partial charge is 1.00 e. The van der Waals surface area contributed by atoms with Crippen LogP contribution in [0.5, 0.6) is 0 Å². The zero-order valence-corrected chi connectivity index (χ0v) is 21.0. The summed E-state index contributed by atoms with van der Waals surface area (Å²) in [6.07, 6.45) is -9.17. The zero-order chi connectivity index (χ0) is 17.9. The van der Waals surface area contributed by atoms with E-state index < -0.39 is 30.8 Å². The van der Waals surface area contributed by atoms with E-state index >= 15 is 0 Å². The summed E-state index contributed by atoms with van der Waals surface area (Å²) in [4.78, 5) is 42.8. The number of hydrogen-bond acceptors (Lipinski definition) is 5. The molecule has 0 aliphatic heterocycles. The third kappa shape index (κ3) is 83200. The van der Waals surface area contributed by atoms with Crippen LogP contribution in [0.4, 0.5) is 24.0 Å². The molecule has 0 fully saturated rings. The Balaban J connectivity index is -0.00000000852. The minimum absolute atomic E-state index is 0. The van der Waals surface area contributed by atoms with Crippen LogP contribution >= 0.6 is 0 Å². The summed E-state index contributed by atoms with van der Waals surface area (Å²) in [5.41, 5.74) is 0. The van der Waals surface area contributed by atoms with Gasteiger partial charge < -0.3 is 56.8 Å². The van der Waals surface area contributed by atoms with Crippen molar-refractivity contribution < 1.29 is 199 Å². The molecule has 0 bridgehead atoms. The van der Waals surface area contributed by atoms with Crippen LogP contribution in [0.1, 0.15) is 5.71 Å². The Morgan fingerprint density at radius 1 is 0.333 bits per heavy atom. The van der Waals surface area contributed by atoms with Crippen LogP contribution in [0.15, 0.2) is 0 Å². The molecule has 0 aromatic rings. The van der Waals surface area contributed by atoms with Crippen molar-refractivity contribution in [3.63, 3.8) is 0 Å². The molecule has 128 valence electrons. The van der Waals surface area contributed by atoms with Gasteiger partial charge >= 0.3 is 149 Å². The van der Waals surface area contributed by atoms with Crippen molar-refractivity contribution in [2.75, 3.05) is 0 Å². The second kappa shape index (κ2) is 49.5. The minimum atomic E-state index is -1.83. The van der Waals surface area contributed by atoms with Crippen LogP contribution in [0.3, 0.4) is 0 Å². The molecule has 0 radical (unpaired) electrons. The third-order valence-electron chi connectivity index (χ3n) is 0. The molecule has 0 heterocycles. The average Bonchev–Trinajstić information content (AvgIpc) is 1.94. The molecule has 0 rings (SSSR count). The topological polar surface area (TPSA) is 288 Å². The fraction of sp³-hybridized carbons (Fsp3) is 0. The molecule has 0 aliphatic carbocycles. The van der Waals surface area contributed by atoms with Gasteiger partial charge in [0.15, 0.2) is 0 Å². The van der Waals surface area contributed by atoms with Crippen LogP contribution in [0.25, 0.3) is 0 Å². The largest absolute Gasteiger partial charge is 1.00 e. The Morgan fingerprint density at radius 3 is 0.333 bits per heavy atom. The Hall–Kier alpha value is 0.350.